The van der Waals surface area contributed by atoms with E-state index in [1.807, 2.05) is 13.8 Å². The van der Waals surface area contributed by atoms with Gasteiger partial charge in [-0.1, -0.05) is 13.8 Å². The monoisotopic (exact) mass is 229 g/mol. The van der Waals surface area contributed by atoms with Crippen molar-refractivity contribution in [3.63, 3.8) is 0 Å². The van der Waals surface area contributed by atoms with Crippen LogP contribution in [0.2, 0.25) is 0 Å². The second kappa shape index (κ2) is 7.18. The maximum absolute atomic E-state index is 11.3. The summed E-state index contributed by atoms with van der Waals surface area (Å²) in [7, 11) is 0. The van der Waals surface area contributed by atoms with Gasteiger partial charge in [-0.15, -0.1) is 24.1 Å². The number of terminal acetylenes is 1. The fourth-order valence-electron chi connectivity index (χ4n) is 0.796. The third kappa shape index (κ3) is 6.86. The number of hydrogen-bond donors (Lipinski definition) is 2. The molecule has 0 saturated heterocycles. The smallest absolute Gasteiger partial charge is 0.327 e. The Morgan fingerprint density at radius 2 is 2.13 bits per heavy atom. The highest BCUT2D eigenvalue weighted by Gasteiger charge is 2.18. The molecule has 0 fully saturated rings. The summed E-state index contributed by atoms with van der Waals surface area (Å²) in [5, 5.41) is 11.4. The largest absolute Gasteiger partial charge is 0.480 e. The molecule has 0 spiro atoms. The molecule has 0 aliphatic rings. The van der Waals surface area contributed by atoms with E-state index in [2.05, 4.69) is 11.2 Å². The SMILES string of the molecule is C#CCC(NC(=O)CSC(C)C)C(=O)O. The van der Waals surface area contributed by atoms with Crippen LogP contribution >= 0.6 is 11.8 Å². The van der Waals surface area contributed by atoms with Crippen molar-refractivity contribution in [1.82, 2.24) is 5.32 Å². The normalized spacial score (nSPS) is 11.9. The average Bonchev–Trinajstić information content (AvgIpc) is 2.14. The van der Waals surface area contributed by atoms with Crippen LogP contribution in [0.4, 0.5) is 0 Å². The van der Waals surface area contributed by atoms with Crippen molar-refractivity contribution in [1.29, 1.82) is 0 Å². The van der Waals surface area contributed by atoms with E-state index < -0.39 is 12.0 Å². The van der Waals surface area contributed by atoms with Gasteiger partial charge in [0.05, 0.1) is 5.75 Å². The van der Waals surface area contributed by atoms with E-state index in [9.17, 15) is 9.59 Å². The lowest BCUT2D eigenvalue weighted by Gasteiger charge is -2.12. The Balaban J connectivity index is 4.01. The number of carbonyl (C=O) groups excluding carboxylic acids is 1. The average molecular weight is 229 g/mol. The molecule has 15 heavy (non-hydrogen) atoms. The third-order valence-electron chi connectivity index (χ3n) is 1.50. The van der Waals surface area contributed by atoms with Crippen molar-refractivity contribution >= 4 is 23.6 Å². The molecule has 0 aromatic rings. The number of carbonyl (C=O) groups is 2. The first kappa shape index (κ1) is 13.8. The van der Waals surface area contributed by atoms with Gasteiger partial charge in [-0.2, -0.15) is 0 Å². The minimum absolute atomic E-state index is 0.00736. The number of aliphatic carboxylic acids is 1. The molecule has 2 N–H and O–H groups in total. The van der Waals surface area contributed by atoms with Gasteiger partial charge in [0.15, 0.2) is 0 Å². The molecular formula is C10H15NO3S. The van der Waals surface area contributed by atoms with Crippen molar-refractivity contribution in [3.05, 3.63) is 0 Å². The van der Waals surface area contributed by atoms with Crippen LogP contribution in [0.25, 0.3) is 0 Å². The summed E-state index contributed by atoms with van der Waals surface area (Å²) in [6.07, 6.45) is 5.00. The first-order chi connectivity index (χ1) is 6.97. The van der Waals surface area contributed by atoms with Gasteiger partial charge in [0, 0.05) is 6.42 Å². The number of amides is 1. The number of hydrogen-bond acceptors (Lipinski definition) is 3. The van der Waals surface area contributed by atoms with Crippen LogP contribution in [-0.4, -0.2) is 34.0 Å². The van der Waals surface area contributed by atoms with E-state index in [-0.39, 0.29) is 18.1 Å². The van der Waals surface area contributed by atoms with Crippen LogP contribution in [0, 0.1) is 12.3 Å². The van der Waals surface area contributed by atoms with Crippen LogP contribution in [0.1, 0.15) is 20.3 Å². The second-order valence-corrected chi connectivity index (χ2v) is 4.79. The summed E-state index contributed by atoms with van der Waals surface area (Å²) >= 11 is 1.45. The second-order valence-electron chi connectivity index (χ2n) is 3.23. The van der Waals surface area contributed by atoms with Crippen molar-refractivity contribution in [2.45, 2.75) is 31.6 Å². The van der Waals surface area contributed by atoms with Gasteiger partial charge in [-0.25, -0.2) is 4.79 Å². The zero-order valence-corrected chi connectivity index (χ0v) is 9.63. The quantitative estimate of drug-likeness (QED) is 0.659. The van der Waals surface area contributed by atoms with Crippen molar-refractivity contribution in [2.24, 2.45) is 0 Å². The summed E-state index contributed by atoms with van der Waals surface area (Å²) in [4.78, 5) is 21.9. The maximum Gasteiger partial charge on any atom is 0.327 e. The van der Waals surface area contributed by atoms with Crippen LogP contribution in [0.5, 0.6) is 0 Å². The maximum atomic E-state index is 11.3. The predicted molar refractivity (Wildman–Crippen MR) is 60.6 cm³/mol. The Bertz CT molecular complexity index is 270. The van der Waals surface area contributed by atoms with Crippen LogP contribution in [-0.2, 0) is 9.59 Å². The van der Waals surface area contributed by atoms with Gasteiger partial charge in [0.25, 0.3) is 0 Å². The zero-order valence-electron chi connectivity index (χ0n) is 8.82. The van der Waals surface area contributed by atoms with Crippen molar-refractivity contribution in [2.75, 3.05) is 5.75 Å². The molecule has 0 saturated carbocycles. The number of nitrogens with one attached hydrogen (secondary N) is 1. The molecule has 0 bridgehead atoms. The molecule has 1 atom stereocenters. The number of thioether (sulfide) groups is 1. The topological polar surface area (TPSA) is 66.4 Å². The molecule has 1 unspecified atom stereocenters. The molecule has 0 rings (SSSR count). The Labute approximate surface area is 93.8 Å². The van der Waals surface area contributed by atoms with E-state index in [1.165, 1.54) is 11.8 Å². The molecule has 0 radical (unpaired) electrons. The standard InChI is InChI=1S/C10H15NO3S/c1-4-5-8(10(13)14)11-9(12)6-15-7(2)3/h1,7-8H,5-6H2,2-3H3,(H,11,12)(H,13,14). The van der Waals surface area contributed by atoms with Crippen LogP contribution in [0.15, 0.2) is 0 Å². The highest BCUT2D eigenvalue weighted by molar-refractivity contribution is 8.00. The lowest BCUT2D eigenvalue weighted by Crippen LogP contribution is -2.41. The lowest BCUT2D eigenvalue weighted by molar-refractivity contribution is -0.141. The van der Waals surface area contributed by atoms with Crippen LogP contribution in [0.3, 0.4) is 0 Å². The number of carboxylic acid groups (broad SMARTS) is 1. The molecule has 5 heteroatoms. The van der Waals surface area contributed by atoms with Gasteiger partial charge >= 0.3 is 5.97 Å². The predicted octanol–water partition coefficient (Wildman–Crippen LogP) is 0.721. The molecule has 0 aliphatic carbocycles. The van der Waals surface area contributed by atoms with Gasteiger partial charge in [-0.05, 0) is 5.25 Å². The molecule has 84 valence electrons. The molecule has 0 aromatic heterocycles. The Morgan fingerprint density at radius 3 is 2.53 bits per heavy atom. The zero-order chi connectivity index (χ0) is 11.8. The highest BCUT2D eigenvalue weighted by Crippen LogP contribution is 2.08. The fourth-order valence-corrected chi connectivity index (χ4v) is 1.36. The minimum atomic E-state index is -1.10. The Kier molecular flexibility index (Phi) is 6.63. The van der Waals surface area contributed by atoms with E-state index >= 15 is 0 Å². The van der Waals surface area contributed by atoms with Gasteiger partial charge in [-0.3, -0.25) is 4.79 Å². The van der Waals surface area contributed by atoms with Crippen molar-refractivity contribution in [3.8, 4) is 12.3 Å². The summed E-state index contributed by atoms with van der Waals surface area (Å²) in [5.74, 6) is 1.08. The number of rotatable bonds is 6. The molecule has 1 amide bonds. The molecule has 0 aromatic carbocycles. The van der Waals surface area contributed by atoms with Gasteiger partial charge in [0.1, 0.15) is 6.04 Å². The first-order valence-corrected chi connectivity index (χ1v) is 5.59. The Hall–Kier alpha value is -1.15. The molecular weight excluding hydrogens is 214 g/mol. The van der Waals surface area contributed by atoms with E-state index in [1.54, 1.807) is 0 Å². The van der Waals surface area contributed by atoms with Crippen molar-refractivity contribution < 1.29 is 14.7 Å². The van der Waals surface area contributed by atoms with E-state index in [0.717, 1.165) is 0 Å². The molecule has 0 heterocycles. The van der Waals surface area contributed by atoms with E-state index in [0.29, 0.717) is 5.25 Å². The Morgan fingerprint density at radius 1 is 1.53 bits per heavy atom. The van der Waals surface area contributed by atoms with Gasteiger partial charge < -0.3 is 10.4 Å². The van der Waals surface area contributed by atoms with Crippen LogP contribution < -0.4 is 5.32 Å². The summed E-state index contributed by atoms with van der Waals surface area (Å²) in [6.45, 7) is 3.93. The summed E-state index contributed by atoms with van der Waals surface area (Å²) < 4.78 is 0. The molecule has 4 nitrogen and oxygen atoms in total. The third-order valence-corrected chi connectivity index (χ3v) is 2.60. The summed E-state index contributed by atoms with van der Waals surface area (Å²) in [5.41, 5.74) is 0. The first-order valence-electron chi connectivity index (χ1n) is 4.54. The summed E-state index contributed by atoms with van der Waals surface area (Å²) in [6, 6.07) is -0.977. The van der Waals surface area contributed by atoms with Gasteiger partial charge in [0.2, 0.25) is 5.91 Å². The lowest BCUT2D eigenvalue weighted by atomic mass is 10.2. The number of carboxylic acids is 1. The molecule has 0 aliphatic heterocycles. The highest BCUT2D eigenvalue weighted by atomic mass is 32.2. The fraction of sp³-hybridized carbons (Fsp3) is 0.600. The van der Waals surface area contributed by atoms with E-state index in [4.69, 9.17) is 11.5 Å². The minimum Gasteiger partial charge on any atom is -0.480 e.